The average Bonchev–Trinajstić information content (AvgIpc) is 3.36. The van der Waals surface area contributed by atoms with Gasteiger partial charge in [-0.2, -0.15) is 0 Å². The molecule has 4 heteroatoms. The van der Waals surface area contributed by atoms with Crippen LogP contribution in [0.25, 0.3) is 82.2 Å². The highest BCUT2D eigenvalue weighted by Crippen LogP contribution is 2.50. The summed E-state index contributed by atoms with van der Waals surface area (Å²) in [5.74, 6) is 1.20. The molecule has 0 aliphatic carbocycles. The molecule has 0 aliphatic rings. The van der Waals surface area contributed by atoms with E-state index in [0.717, 1.165) is 54.8 Å². The molecule has 0 bridgehead atoms. The zero-order chi connectivity index (χ0) is 29.3. The first-order chi connectivity index (χ1) is 20.8. The second-order valence-corrected chi connectivity index (χ2v) is 13.2. The lowest BCUT2D eigenvalue weighted by atomic mass is 9.80. The molecule has 4 nitrogen and oxygen atoms in total. The highest BCUT2D eigenvalue weighted by atomic mass is 16.3. The predicted molar refractivity (Wildman–Crippen MR) is 180 cm³/mol. The van der Waals surface area contributed by atoms with E-state index in [1.54, 1.807) is 6.33 Å². The lowest BCUT2D eigenvalue weighted by molar-refractivity contribution is 0.660. The van der Waals surface area contributed by atoms with Crippen LogP contribution >= 0.6 is 0 Å². The van der Waals surface area contributed by atoms with Gasteiger partial charge in [-0.1, -0.05) is 90.1 Å². The van der Waals surface area contributed by atoms with E-state index in [9.17, 15) is 0 Å². The van der Waals surface area contributed by atoms with Gasteiger partial charge in [-0.25, -0.2) is 9.97 Å². The topological polar surface area (TPSA) is 43.3 Å². The summed E-state index contributed by atoms with van der Waals surface area (Å²) < 4.78 is 9.31. The van der Waals surface area contributed by atoms with Crippen LogP contribution in [0.2, 0.25) is 0 Å². The smallest absolute Gasteiger partial charge is 0.160 e. The van der Waals surface area contributed by atoms with Crippen molar-refractivity contribution in [3.8, 4) is 11.1 Å². The third kappa shape index (κ3) is 3.11. The number of para-hydroxylation sites is 1. The molecule has 9 aromatic rings. The molecule has 0 amide bonds. The van der Waals surface area contributed by atoms with E-state index in [4.69, 9.17) is 14.4 Å². The molecule has 43 heavy (non-hydrogen) atoms. The molecule has 0 saturated heterocycles. The Morgan fingerprint density at radius 3 is 2.14 bits per heavy atom. The molecule has 0 unspecified atom stereocenters. The molecular weight excluding hydrogens is 526 g/mol. The Balaban J connectivity index is 1.60. The highest BCUT2D eigenvalue weighted by Gasteiger charge is 2.29. The number of benzene rings is 5. The summed E-state index contributed by atoms with van der Waals surface area (Å²) in [6.07, 6.45) is 1.73. The van der Waals surface area contributed by atoms with E-state index in [2.05, 4.69) is 113 Å². The van der Waals surface area contributed by atoms with Gasteiger partial charge >= 0.3 is 0 Å². The predicted octanol–water partition coefficient (Wildman–Crippen LogP) is 11.2. The second-order valence-electron chi connectivity index (χ2n) is 13.2. The Labute approximate surface area is 249 Å². The van der Waals surface area contributed by atoms with E-state index >= 15 is 0 Å². The van der Waals surface area contributed by atoms with Gasteiger partial charge in [-0.05, 0) is 69.2 Å². The summed E-state index contributed by atoms with van der Waals surface area (Å²) in [6, 6.07) is 24.6. The summed E-state index contributed by atoms with van der Waals surface area (Å²) in [5, 5.41) is 6.95. The van der Waals surface area contributed by atoms with Crippen molar-refractivity contribution in [3.05, 3.63) is 89.7 Å². The standard InChI is InChI=1S/C39H33N3O/c1-19(2)23-15-26(20(3)4)32(27(16-23)21(5)6)28-17-30-34-35(41-18-40-30)29-14-22-10-7-8-11-24(22)39-37(29)42-36-25(33(28)38(34)42)12-9-13-31(36)43-39/h7-21H,1-6H3. The molecular formula is C39H33N3O. The molecule has 210 valence electrons. The summed E-state index contributed by atoms with van der Waals surface area (Å²) in [5.41, 5.74) is 14.0. The number of rotatable bonds is 4. The first-order valence-corrected chi connectivity index (χ1v) is 15.5. The van der Waals surface area contributed by atoms with Crippen LogP contribution in [0, 0.1) is 0 Å². The fourth-order valence-electron chi connectivity index (χ4n) is 7.66. The van der Waals surface area contributed by atoms with Gasteiger partial charge in [0.1, 0.15) is 6.33 Å². The monoisotopic (exact) mass is 559 g/mol. The fourth-order valence-corrected chi connectivity index (χ4v) is 7.66. The largest absolute Gasteiger partial charge is 0.452 e. The number of hydrogen-bond acceptors (Lipinski definition) is 3. The fraction of sp³-hybridized carbons (Fsp3) is 0.231. The maximum atomic E-state index is 6.85. The third-order valence-electron chi connectivity index (χ3n) is 9.68. The van der Waals surface area contributed by atoms with Crippen molar-refractivity contribution in [1.82, 2.24) is 14.4 Å². The first kappa shape index (κ1) is 24.9. The van der Waals surface area contributed by atoms with E-state index < -0.39 is 0 Å². The molecule has 9 rings (SSSR count). The van der Waals surface area contributed by atoms with Crippen molar-refractivity contribution in [2.45, 2.75) is 59.3 Å². The maximum absolute atomic E-state index is 6.85. The number of hydrogen-bond donors (Lipinski definition) is 0. The van der Waals surface area contributed by atoms with Gasteiger partial charge in [0.2, 0.25) is 0 Å². The molecule has 0 atom stereocenters. The molecule has 0 saturated carbocycles. The van der Waals surface area contributed by atoms with Crippen molar-refractivity contribution in [1.29, 1.82) is 0 Å². The first-order valence-electron chi connectivity index (χ1n) is 15.5. The second kappa shape index (κ2) is 8.44. The van der Waals surface area contributed by atoms with Crippen LogP contribution in [-0.2, 0) is 0 Å². The molecule has 0 radical (unpaired) electrons. The van der Waals surface area contributed by atoms with Gasteiger partial charge in [0.25, 0.3) is 0 Å². The van der Waals surface area contributed by atoms with Crippen molar-refractivity contribution in [2.24, 2.45) is 0 Å². The summed E-state index contributed by atoms with van der Waals surface area (Å²) in [7, 11) is 0. The average molecular weight is 560 g/mol. The number of aromatic nitrogens is 3. The van der Waals surface area contributed by atoms with Gasteiger partial charge in [-0.3, -0.25) is 0 Å². The summed E-state index contributed by atoms with van der Waals surface area (Å²) in [4.78, 5) is 9.88. The van der Waals surface area contributed by atoms with Gasteiger partial charge in [0.15, 0.2) is 11.2 Å². The van der Waals surface area contributed by atoms with Crippen molar-refractivity contribution >= 4 is 71.1 Å². The molecule has 0 aliphatic heterocycles. The highest BCUT2D eigenvalue weighted by molar-refractivity contribution is 6.34. The third-order valence-corrected chi connectivity index (χ3v) is 9.68. The number of pyridine rings is 1. The van der Waals surface area contributed by atoms with Crippen LogP contribution in [0.4, 0.5) is 0 Å². The van der Waals surface area contributed by atoms with Crippen LogP contribution in [-0.4, -0.2) is 14.4 Å². The quantitative estimate of drug-likeness (QED) is 0.159. The van der Waals surface area contributed by atoms with Crippen LogP contribution in [0.15, 0.2) is 77.5 Å². The SMILES string of the molecule is CC(C)c1cc(C(C)C)c(-c2cc3ncnc4c5cc6ccccc6c6oc7cccc8c2c(c34)n(c78)c56)c(C(C)C)c1. The minimum Gasteiger partial charge on any atom is -0.452 e. The zero-order valence-electron chi connectivity index (χ0n) is 25.4. The van der Waals surface area contributed by atoms with E-state index in [1.807, 2.05) is 0 Å². The van der Waals surface area contributed by atoms with E-state index in [0.29, 0.717) is 17.8 Å². The van der Waals surface area contributed by atoms with Crippen LogP contribution in [0.1, 0.15) is 76.0 Å². The van der Waals surface area contributed by atoms with Crippen LogP contribution in [0.3, 0.4) is 0 Å². The molecule has 0 fully saturated rings. The Morgan fingerprint density at radius 2 is 1.40 bits per heavy atom. The minimum absolute atomic E-state index is 0.368. The number of fused-ring (bicyclic) bond motifs is 4. The Morgan fingerprint density at radius 1 is 0.651 bits per heavy atom. The normalized spacial score (nSPS) is 13.0. The lowest BCUT2D eigenvalue weighted by Gasteiger charge is -2.24. The van der Waals surface area contributed by atoms with Crippen molar-refractivity contribution < 1.29 is 4.42 Å². The van der Waals surface area contributed by atoms with E-state index in [1.165, 1.54) is 44.1 Å². The molecule has 0 N–H and O–H groups in total. The van der Waals surface area contributed by atoms with Gasteiger partial charge in [-0.15, -0.1) is 0 Å². The van der Waals surface area contributed by atoms with Crippen molar-refractivity contribution in [3.63, 3.8) is 0 Å². The summed E-state index contributed by atoms with van der Waals surface area (Å²) >= 11 is 0. The molecule has 4 heterocycles. The minimum atomic E-state index is 0.368. The van der Waals surface area contributed by atoms with Crippen LogP contribution < -0.4 is 0 Å². The number of nitrogens with zero attached hydrogens (tertiary/aromatic N) is 3. The van der Waals surface area contributed by atoms with Crippen molar-refractivity contribution in [2.75, 3.05) is 0 Å². The van der Waals surface area contributed by atoms with Gasteiger partial charge in [0.05, 0.1) is 33.0 Å². The molecule has 5 aromatic carbocycles. The van der Waals surface area contributed by atoms with Gasteiger partial charge < -0.3 is 8.82 Å². The summed E-state index contributed by atoms with van der Waals surface area (Å²) in [6.45, 7) is 13.9. The van der Waals surface area contributed by atoms with E-state index in [-0.39, 0.29) is 0 Å². The Bertz CT molecular complexity index is 2510. The Hall–Kier alpha value is -4.70. The maximum Gasteiger partial charge on any atom is 0.160 e. The van der Waals surface area contributed by atoms with Gasteiger partial charge in [0, 0.05) is 21.5 Å². The van der Waals surface area contributed by atoms with Crippen LogP contribution in [0.5, 0.6) is 0 Å². The Kier molecular flexibility index (Phi) is 4.88. The molecule has 0 spiro atoms. The zero-order valence-corrected chi connectivity index (χ0v) is 25.4. The lowest BCUT2D eigenvalue weighted by Crippen LogP contribution is -2.04. The molecule has 4 aromatic heterocycles.